The minimum atomic E-state index is -4.77. The van der Waals surface area contributed by atoms with Crippen molar-refractivity contribution in [3.8, 4) is 5.75 Å². The van der Waals surface area contributed by atoms with Crippen LogP contribution in [-0.4, -0.2) is 18.9 Å². The van der Waals surface area contributed by atoms with E-state index >= 15 is 0 Å². The molecule has 0 saturated heterocycles. The minimum absolute atomic E-state index is 0.0732. The maximum atomic E-state index is 13.4. The minimum Gasteiger partial charge on any atom is -0.475 e. The predicted octanol–water partition coefficient (Wildman–Crippen LogP) is 3.91. The molecule has 2 aromatic rings. The predicted molar refractivity (Wildman–Crippen MR) is 85.9 cm³/mol. The summed E-state index contributed by atoms with van der Waals surface area (Å²) in [5, 5.41) is 0. The van der Waals surface area contributed by atoms with Crippen LogP contribution < -0.4 is 4.74 Å². The van der Waals surface area contributed by atoms with Gasteiger partial charge in [-0.1, -0.05) is 30.3 Å². The third-order valence-electron chi connectivity index (χ3n) is 4.43. The second kappa shape index (κ2) is 6.16. The molecule has 0 fully saturated rings. The third kappa shape index (κ3) is 2.94. The summed E-state index contributed by atoms with van der Waals surface area (Å²) in [5.74, 6) is -1.51. The second-order valence-corrected chi connectivity index (χ2v) is 6.10. The summed E-state index contributed by atoms with van der Waals surface area (Å²) >= 11 is 0. The number of ketones is 1. The average molecular weight is 364 g/mol. The molecular formula is C19H15F3O4. The number of carbonyl (C=O) groups is 2. The van der Waals surface area contributed by atoms with E-state index < -0.39 is 28.9 Å². The van der Waals surface area contributed by atoms with Gasteiger partial charge in [-0.05, 0) is 19.1 Å². The van der Waals surface area contributed by atoms with Crippen molar-refractivity contribution in [1.29, 1.82) is 0 Å². The highest BCUT2D eigenvalue weighted by Gasteiger charge is 2.44. The Morgan fingerprint density at radius 1 is 1.19 bits per heavy atom. The first-order valence-corrected chi connectivity index (χ1v) is 7.77. The molecular weight excluding hydrogens is 349 g/mol. The Morgan fingerprint density at radius 3 is 2.42 bits per heavy atom. The van der Waals surface area contributed by atoms with E-state index in [0.29, 0.717) is 5.56 Å². The van der Waals surface area contributed by atoms with E-state index in [9.17, 15) is 22.8 Å². The van der Waals surface area contributed by atoms with Crippen LogP contribution in [0, 0.1) is 0 Å². The molecule has 4 nitrogen and oxygen atoms in total. The summed E-state index contributed by atoms with van der Waals surface area (Å²) in [4.78, 5) is 24.4. The molecule has 0 aromatic heterocycles. The third-order valence-corrected chi connectivity index (χ3v) is 4.43. The number of esters is 1. The van der Waals surface area contributed by atoms with Gasteiger partial charge in [0.25, 0.3) is 0 Å². The monoisotopic (exact) mass is 364 g/mol. The summed E-state index contributed by atoms with van der Waals surface area (Å²) in [5.41, 5.74) is -2.44. The van der Waals surface area contributed by atoms with Crippen LogP contribution in [0.1, 0.15) is 34.0 Å². The van der Waals surface area contributed by atoms with Gasteiger partial charge < -0.3 is 9.47 Å². The number of rotatable bonds is 2. The van der Waals surface area contributed by atoms with Crippen LogP contribution in [0.25, 0.3) is 0 Å². The van der Waals surface area contributed by atoms with Crippen LogP contribution >= 0.6 is 0 Å². The van der Waals surface area contributed by atoms with E-state index in [-0.39, 0.29) is 23.5 Å². The summed E-state index contributed by atoms with van der Waals surface area (Å²) < 4.78 is 50.3. The SMILES string of the molecule is COC(=O)c1cc2c(cc1C(F)(F)F)OC(C)(c1ccccc1)C(=O)C2. The van der Waals surface area contributed by atoms with Gasteiger partial charge in [0.05, 0.1) is 18.2 Å². The number of halogens is 3. The lowest BCUT2D eigenvalue weighted by Gasteiger charge is -2.35. The number of carbonyl (C=O) groups excluding carboxylic acids is 2. The van der Waals surface area contributed by atoms with Gasteiger partial charge >= 0.3 is 12.1 Å². The maximum absolute atomic E-state index is 13.4. The molecule has 0 bridgehead atoms. The molecule has 0 saturated carbocycles. The van der Waals surface area contributed by atoms with Crippen molar-refractivity contribution in [2.45, 2.75) is 25.1 Å². The Hall–Kier alpha value is -2.83. The number of Topliss-reactive ketones (excluding diaryl/α,β-unsaturated/α-hetero) is 1. The van der Waals surface area contributed by atoms with Gasteiger partial charge in [-0.25, -0.2) is 4.79 Å². The quantitative estimate of drug-likeness (QED) is 0.758. The summed E-state index contributed by atoms with van der Waals surface area (Å²) in [7, 11) is 0.996. The molecule has 0 aliphatic carbocycles. The van der Waals surface area contributed by atoms with Gasteiger partial charge in [0.2, 0.25) is 0 Å². The highest BCUT2D eigenvalue weighted by atomic mass is 19.4. The zero-order valence-electron chi connectivity index (χ0n) is 14.0. The van der Waals surface area contributed by atoms with Crippen molar-refractivity contribution in [3.63, 3.8) is 0 Å². The molecule has 2 aromatic carbocycles. The maximum Gasteiger partial charge on any atom is 0.417 e. The Morgan fingerprint density at radius 2 is 1.85 bits per heavy atom. The fraction of sp³-hybridized carbons (Fsp3) is 0.263. The van der Waals surface area contributed by atoms with E-state index in [1.165, 1.54) is 6.92 Å². The lowest BCUT2D eigenvalue weighted by atomic mass is 9.84. The van der Waals surface area contributed by atoms with Crippen molar-refractivity contribution >= 4 is 11.8 Å². The highest BCUT2D eigenvalue weighted by molar-refractivity contribution is 5.95. The fourth-order valence-corrected chi connectivity index (χ4v) is 2.97. The standard InChI is InChI=1S/C19H15F3O4/c1-18(12-6-4-3-5-7-12)16(23)9-11-8-13(17(24)25-2)14(19(20,21)22)10-15(11)26-18/h3-8,10H,9H2,1-2H3. The van der Waals surface area contributed by atoms with E-state index in [1.54, 1.807) is 30.3 Å². The summed E-state index contributed by atoms with van der Waals surface area (Å²) in [6.45, 7) is 1.52. The highest BCUT2D eigenvalue weighted by Crippen LogP contribution is 2.42. The lowest BCUT2D eigenvalue weighted by Crippen LogP contribution is -2.43. The van der Waals surface area contributed by atoms with E-state index in [1.807, 2.05) is 0 Å². The van der Waals surface area contributed by atoms with E-state index in [2.05, 4.69) is 4.74 Å². The molecule has 0 amide bonds. The number of fused-ring (bicyclic) bond motifs is 1. The van der Waals surface area contributed by atoms with Crippen molar-refractivity contribution < 1.29 is 32.2 Å². The van der Waals surface area contributed by atoms with Crippen molar-refractivity contribution in [2.24, 2.45) is 0 Å². The molecule has 1 heterocycles. The molecule has 1 aliphatic rings. The fourth-order valence-electron chi connectivity index (χ4n) is 2.97. The van der Waals surface area contributed by atoms with Crippen LogP contribution in [0.2, 0.25) is 0 Å². The average Bonchev–Trinajstić information content (AvgIpc) is 2.61. The molecule has 136 valence electrons. The smallest absolute Gasteiger partial charge is 0.417 e. The number of methoxy groups -OCH3 is 1. The lowest BCUT2D eigenvalue weighted by molar-refractivity contribution is -0.138. The molecule has 1 aliphatic heterocycles. The van der Waals surface area contributed by atoms with Crippen LogP contribution in [0.3, 0.4) is 0 Å². The van der Waals surface area contributed by atoms with E-state index in [4.69, 9.17) is 4.74 Å². The van der Waals surface area contributed by atoms with E-state index in [0.717, 1.165) is 19.2 Å². The molecule has 0 radical (unpaired) electrons. The largest absolute Gasteiger partial charge is 0.475 e. The number of hydrogen-bond donors (Lipinski definition) is 0. The molecule has 26 heavy (non-hydrogen) atoms. The zero-order chi connectivity index (χ0) is 19.1. The van der Waals surface area contributed by atoms with Crippen LogP contribution in [0.5, 0.6) is 5.75 Å². The van der Waals surface area contributed by atoms with Gasteiger partial charge in [-0.15, -0.1) is 0 Å². The number of benzene rings is 2. The first-order valence-electron chi connectivity index (χ1n) is 7.77. The normalized spacial score (nSPS) is 19.5. The number of ether oxygens (including phenoxy) is 2. The number of hydrogen-bond acceptors (Lipinski definition) is 4. The van der Waals surface area contributed by atoms with Crippen LogP contribution in [-0.2, 0) is 27.7 Å². The molecule has 1 atom stereocenters. The molecule has 7 heteroatoms. The van der Waals surface area contributed by atoms with Crippen molar-refractivity contribution in [3.05, 3.63) is 64.7 Å². The van der Waals surface area contributed by atoms with Crippen molar-refractivity contribution in [2.75, 3.05) is 7.11 Å². The van der Waals surface area contributed by atoms with Gasteiger partial charge in [-0.2, -0.15) is 13.2 Å². The molecule has 0 spiro atoms. The summed E-state index contributed by atoms with van der Waals surface area (Å²) in [6, 6.07) is 10.3. The first kappa shape index (κ1) is 18.0. The summed E-state index contributed by atoms with van der Waals surface area (Å²) in [6.07, 6.45) is -4.92. The molecule has 3 rings (SSSR count). The first-order chi connectivity index (χ1) is 12.2. The Balaban J connectivity index is 2.14. The van der Waals surface area contributed by atoms with Gasteiger partial charge in [0.15, 0.2) is 11.4 Å². The van der Waals surface area contributed by atoms with Gasteiger partial charge in [-0.3, -0.25) is 4.79 Å². The number of alkyl halides is 3. The Labute approximate surface area is 147 Å². The molecule has 0 N–H and O–H groups in total. The topological polar surface area (TPSA) is 52.6 Å². The van der Waals surface area contributed by atoms with Crippen LogP contribution in [0.4, 0.5) is 13.2 Å². The van der Waals surface area contributed by atoms with Crippen LogP contribution in [0.15, 0.2) is 42.5 Å². The van der Waals surface area contributed by atoms with Gasteiger partial charge in [0, 0.05) is 17.5 Å². The molecule has 1 unspecified atom stereocenters. The second-order valence-electron chi connectivity index (χ2n) is 6.10. The Kier molecular flexibility index (Phi) is 4.26. The zero-order valence-corrected chi connectivity index (χ0v) is 14.0. The van der Waals surface area contributed by atoms with Crippen molar-refractivity contribution in [1.82, 2.24) is 0 Å². The van der Waals surface area contributed by atoms with Gasteiger partial charge in [0.1, 0.15) is 5.75 Å². The Bertz CT molecular complexity index is 874.